The highest BCUT2D eigenvalue weighted by Crippen LogP contribution is 2.23. The molecule has 1 aliphatic rings. The zero-order valence-corrected chi connectivity index (χ0v) is 13.1. The molecule has 116 valence electrons. The van der Waals surface area contributed by atoms with Gasteiger partial charge >= 0.3 is 0 Å². The number of hydrogen-bond acceptors (Lipinski definition) is 4. The Morgan fingerprint density at radius 1 is 1.33 bits per heavy atom. The number of carbonyl (C=O) groups excluding carboxylic acids is 1. The van der Waals surface area contributed by atoms with Gasteiger partial charge < -0.3 is 5.73 Å². The number of carbonyl (C=O) groups is 1. The maximum absolute atomic E-state index is 12.3. The monoisotopic (exact) mass is 310 g/mol. The van der Waals surface area contributed by atoms with Gasteiger partial charge in [-0.3, -0.25) is 4.79 Å². The van der Waals surface area contributed by atoms with E-state index in [9.17, 15) is 13.2 Å². The molecule has 1 atom stereocenters. The van der Waals surface area contributed by atoms with Gasteiger partial charge in [-0.05, 0) is 24.3 Å². The van der Waals surface area contributed by atoms with E-state index in [1.165, 1.54) is 10.6 Å². The third-order valence-electron chi connectivity index (χ3n) is 3.94. The van der Waals surface area contributed by atoms with Crippen molar-refractivity contribution in [1.82, 2.24) is 4.31 Å². The second-order valence-electron chi connectivity index (χ2n) is 5.66. The van der Waals surface area contributed by atoms with Crippen LogP contribution in [0.4, 0.5) is 0 Å². The molecule has 1 aromatic rings. The molecule has 1 saturated heterocycles. The van der Waals surface area contributed by atoms with Crippen molar-refractivity contribution in [1.29, 1.82) is 0 Å². The summed E-state index contributed by atoms with van der Waals surface area (Å²) in [6.45, 7) is 1.47. The molecule has 0 aromatic heterocycles. The second-order valence-corrected chi connectivity index (χ2v) is 7.64. The van der Waals surface area contributed by atoms with Crippen molar-refractivity contribution >= 4 is 15.8 Å². The summed E-state index contributed by atoms with van der Waals surface area (Å²) in [6.07, 6.45) is 3.34. The quantitative estimate of drug-likeness (QED) is 0.833. The first-order valence-electron chi connectivity index (χ1n) is 7.17. The average molecular weight is 310 g/mol. The third kappa shape index (κ3) is 4.36. The Kier molecular flexibility index (Phi) is 5.13. The van der Waals surface area contributed by atoms with Gasteiger partial charge in [0.1, 0.15) is 0 Å². The lowest BCUT2D eigenvalue weighted by molar-refractivity contribution is 0.0942. The lowest BCUT2D eigenvalue weighted by Crippen LogP contribution is -2.39. The molecule has 0 bridgehead atoms. The zero-order valence-electron chi connectivity index (χ0n) is 12.3. The van der Waals surface area contributed by atoms with Gasteiger partial charge in [0.25, 0.3) is 0 Å². The molecule has 0 saturated carbocycles. The van der Waals surface area contributed by atoms with Gasteiger partial charge in [-0.1, -0.05) is 24.3 Å². The van der Waals surface area contributed by atoms with Crippen molar-refractivity contribution < 1.29 is 13.2 Å². The summed E-state index contributed by atoms with van der Waals surface area (Å²) in [7, 11) is -3.16. The van der Waals surface area contributed by atoms with E-state index in [4.69, 9.17) is 5.73 Å². The van der Waals surface area contributed by atoms with E-state index >= 15 is 0 Å². The first kappa shape index (κ1) is 16.1. The van der Waals surface area contributed by atoms with E-state index in [1.807, 2.05) is 12.1 Å². The highest BCUT2D eigenvalue weighted by atomic mass is 32.2. The third-order valence-corrected chi connectivity index (χ3v) is 5.21. The normalized spacial score (nSPS) is 20.4. The Morgan fingerprint density at radius 2 is 2.00 bits per heavy atom. The molecule has 1 heterocycles. The fourth-order valence-electron chi connectivity index (χ4n) is 2.70. The van der Waals surface area contributed by atoms with Crippen LogP contribution in [-0.2, 0) is 16.6 Å². The number of rotatable bonds is 5. The number of hydrogen-bond donors (Lipinski definition) is 1. The summed E-state index contributed by atoms with van der Waals surface area (Å²) in [5, 5.41) is 0. The van der Waals surface area contributed by atoms with Gasteiger partial charge in [-0.15, -0.1) is 0 Å². The maximum Gasteiger partial charge on any atom is 0.211 e. The molecule has 5 nitrogen and oxygen atoms in total. The molecule has 0 radical (unpaired) electrons. The molecular weight excluding hydrogens is 288 g/mol. The minimum atomic E-state index is -3.16. The van der Waals surface area contributed by atoms with Gasteiger partial charge in [0.05, 0.1) is 6.26 Å². The Morgan fingerprint density at radius 3 is 2.57 bits per heavy atom. The molecule has 21 heavy (non-hydrogen) atoms. The summed E-state index contributed by atoms with van der Waals surface area (Å²) in [5.41, 5.74) is 7.20. The highest BCUT2D eigenvalue weighted by molar-refractivity contribution is 7.88. The van der Waals surface area contributed by atoms with Crippen LogP contribution in [0.3, 0.4) is 0 Å². The van der Waals surface area contributed by atoms with E-state index in [1.54, 1.807) is 12.1 Å². The first-order chi connectivity index (χ1) is 9.90. The van der Waals surface area contributed by atoms with Crippen molar-refractivity contribution in [2.75, 3.05) is 19.3 Å². The fourth-order valence-corrected chi connectivity index (χ4v) is 3.64. The van der Waals surface area contributed by atoms with Crippen molar-refractivity contribution in [3.8, 4) is 0 Å². The average Bonchev–Trinajstić information content (AvgIpc) is 2.47. The Balaban J connectivity index is 1.98. The van der Waals surface area contributed by atoms with Gasteiger partial charge in [-0.25, -0.2) is 12.7 Å². The van der Waals surface area contributed by atoms with Crippen LogP contribution in [0.15, 0.2) is 24.3 Å². The SMILES string of the molecule is CS(=O)(=O)N1CCCC(CC(=O)c2ccc(CN)cc2)C1. The predicted molar refractivity (Wildman–Crippen MR) is 82.4 cm³/mol. The number of nitrogens with two attached hydrogens (primary N) is 1. The largest absolute Gasteiger partial charge is 0.326 e. The smallest absolute Gasteiger partial charge is 0.211 e. The molecule has 2 rings (SSSR count). The molecule has 1 fully saturated rings. The van der Waals surface area contributed by atoms with Crippen LogP contribution < -0.4 is 5.73 Å². The van der Waals surface area contributed by atoms with Crippen LogP contribution in [0, 0.1) is 5.92 Å². The van der Waals surface area contributed by atoms with Crippen LogP contribution in [0.25, 0.3) is 0 Å². The Bertz CT molecular complexity index is 596. The fraction of sp³-hybridized carbons (Fsp3) is 0.533. The van der Waals surface area contributed by atoms with Gasteiger partial charge in [0, 0.05) is 31.6 Å². The van der Waals surface area contributed by atoms with Crippen LogP contribution in [0.1, 0.15) is 35.2 Å². The lowest BCUT2D eigenvalue weighted by Gasteiger charge is -2.30. The number of nitrogens with zero attached hydrogens (tertiary/aromatic N) is 1. The molecule has 2 N–H and O–H groups in total. The van der Waals surface area contributed by atoms with Gasteiger partial charge in [-0.2, -0.15) is 0 Å². The molecule has 6 heteroatoms. The summed E-state index contributed by atoms with van der Waals surface area (Å²) in [5.74, 6) is 0.175. The minimum Gasteiger partial charge on any atom is -0.326 e. The first-order valence-corrected chi connectivity index (χ1v) is 9.02. The predicted octanol–water partition coefficient (Wildman–Crippen LogP) is 1.39. The lowest BCUT2D eigenvalue weighted by atomic mass is 9.92. The second kappa shape index (κ2) is 6.68. The summed E-state index contributed by atoms with van der Waals surface area (Å²) < 4.78 is 24.7. The van der Waals surface area contributed by atoms with Crippen LogP contribution in [-0.4, -0.2) is 37.9 Å². The van der Waals surface area contributed by atoms with Crippen LogP contribution >= 0.6 is 0 Å². The number of piperidine rings is 1. The number of ketones is 1. The molecule has 1 aromatic carbocycles. The number of benzene rings is 1. The molecule has 1 unspecified atom stereocenters. The molecule has 0 spiro atoms. The highest BCUT2D eigenvalue weighted by Gasteiger charge is 2.27. The van der Waals surface area contributed by atoms with Crippen LogP contribution in [0.5, 0.6) is 0 Å². The maximum atomic E-state index is 12.3. The van der Waals surface area contributed by atoms with E-state index in [-0.39, 0.29) is 11.7 Å². The van der Waals surface area contributed by atoms with Crippen molar-refractivity contribution in [3.05, 3.63) is 35.4 Å². The van der Waals surface area contributed by atoms with Gasteiger partial charge in [0.15, 0.2) is 5.78 Å². The standard InChI is InChI=1S/C15H22N2O3S/c1-21(19,20)17-8-2-3-13(11-17)9-15(18)14-6-4-12(10-16)5-7-14/h4-7,13H,2-3,8-11,16H2,1H3. The Labute approximate surface area is 126 Å². The molecule has 1 aliphatic heterocycles. The van der Waals surface area contributed by atoms with Crippen molar-refractivity contribution in [3.63, 3.8) is 0 Å². The van der Waals surface area contributed by atoms with E-state index in [0.717, 1.165) is 18.4 Å². The van der Waals surface area contributed by atoms with Crippen LogP contribution in [0.2, 0.25) is 0 Å². The van der Waals surface area contributed by atoms with E-state index in [2.05, 4.69) is 0 Å². The van der Waals surface area contributed by atoms with Crippen molar-refractivity contribution in [2.45, 2.75) is 25.8 Å². The summed E-state index contributed by atoms with van der Waals surface area (Å²) in [4.78, 5) is 12.3. The Hall–Kier alpha value is -1.24. The van der Waals surface area contributed by atoms with Crippen molar-refractivity contribution in [2.24, 2.45) is 11.7 Å². The zero-order chi connectivity index (χ0) is 15.5. The topological polar surface area (TPSA) is 80.5 Å². The van der Waals surface area contributed by atoms with E-state index in [0.29, 0.717) is 31.6 Å². The summed E-state index contributed by atoms with van der Waals surface area (Å²) in [6, 6.07) is 7.30. The molecule has 0 amide bonds. The number of sulfonamides is 1. The summed E-state index contributed by atoms with van der Waals surface area (Å²) >= 11 is 0. The van der Waals surface area contributed by atoms with E-state index < -0.39 is 10.0 Å². The van der Waals surface area contributed by atoms with Gasteiger partial charge in [0.2, 0.25) is 10.0 Å². The minimum absolute atomic E-state index is 0.0684. The molecule has 0 aliphatic carbocycles. The molecular formula is C15H22N2O3S. The number of Topliss-reactive ketones (excluding diaryl/α,β-unsaturated/α-hetero) is 1.